The molecule has 0 radical (unpaired) electrons. The molecule has 0 aromatic heterocycles. The van der Waals surface area contributed by atoms with Crippen LogP contribution in [0.5, 0.6) is 0 Å². The molecule has 0 aliphatic rings. The second kappa shape index (κ2) is 15.7. The van der Waals surface area contributed by atoms with Crippen molar-refractivity contribution in [1.29, 1.82) is 0 Å². The van der Waals surface area contributed by atoms with E-state index in [-0.39, 0.29) is 48.9 Å². The molecule has 0 saturated heterocycles. The first-order valence-electron chi connectivity index (χ1n) is 10.8. The molecular weight excluding hydrogens is 432 g/mol. The first kappa shape index (κ1) is 30.0. The number of hydrogen-bond donors (Lipinski definition) is 2. The Balaban J connectivity index is 3.96. The van der Waals surface area contributed by atoms with E-state index in [0.29, 0.717) is 13.1 Å². The van der Waals surface area contributed by atoms with Crippen molar-refractivity contribution in [1.82, 2.24) is 10.6 Å². The molecule has 0 bridgehead atoms. The van der Waals surface area contributed by atoms with Crippen LogP contribution in [0.2, 0.25) is 0 Å². The summed E-state index contributed by atoms with van der Waals surface area (Å²) in [6, 6.07) is 0. The van der Waals surface area contributed by atoms with Crippen molar-refractivity contribution in [2.45, 2.75) is 47.5 Å². The second-order valence-corrected chi connectivity index (χ2v) is 8.65. The molecule has 188 valence electrons. The number of nitrogens with one attached hydrogen (secondary N) is 2. The zero-order valence-corrected chi connectivity index (χ0v) is 20.4. The summed E-state index contributed by atoms with van der Waals surface area (Å²) in [6.07, 6.45) is 0.366. The summed E-state index contributed by atoms with van der Waals surface area (Å²) in [4.78, 5) is 45.9. The molecule has 0 rings (SSSR count). The summed E-state index contributed by atoms with van der Waals surface area (Å²) in [5, 5.41) is 5.36. The Morgan fingerprint density at radius 2 is 1.21 bits per heavy atom. The van der Waals surface area contributed by atoms with E-state index in [4.69, 9.17) is 18.9 Å². The number of esters is 2. The van der Waals surface area contributed by atoms with Gasteiger partial charge in [0.25, 0.3) is 0 Å². The van der Waals surface area contributed by atoms with Gasteiger partial charge in [0.1, 0.15) is 26.4 Å². The molecule has 10 heteroatoms. The van der Waals surface area contributed by atoms with E-state index in [1.807, 2.05) is 13.8 Å². The van der Waals surface area contributed by atoms with Gasteiger partial charge in [0.2, 0.25) is 0 Å². The highest BCUT2D eigenvalue weighted by Gasteiger charge is 2.22. The third-order valence-corrected chi connectivity index (χ3v) is 4.32. The number of carbonyl (C=O) groups is 4. The van der Waals surface area contributed by atoms with Gasteiger partial charge in [0.15, 0.2) is 0 Å². The van der Waals surface area contributed by atoms with E-state index in [9.17, 15) is 19.2 Å². The maximum absolute atomic E-state index is 11.8. The number of ether oxygens (including phenoxy) is 4. The van der Waals surface area contributed by atoms with Gasteiger partial charge < -0.3 is 29.6 Å². The number of alkyl carbamates (subject to hydrolysis) is 2. The molecule has 0 aliphatic heterocycles. The number of amides is 2. The zero-order valence-electron chi connectivity index (χ0n) is 20.4. The van der Waals surface area contributed by atoms with Crippen molar-refractivity contribution in [2.24, 2.45) is 11.3 Å². The Hall–Kier alpha value is -3.04. The minimum atomic E-state index is -0.583. The molecule has 2 amide bonds. The van der Waals surface area contributed by atoms with Gasteiger partial charge in [-0.2, -0.15) is 0 Å². The first-order chi connectivity index (χ1) is 15.3. The normalized spacial score (nSPS) is 11.5. The lowest BCUT2D eigenvalue weighted by atomic mass is 9.82. The van der Waals surface area contributed by atoms with E-state index in [1.54, 1.807) is 0 Å². The summed E-state index contributed by atoms with van der Waals surface area (Å²) >= 11 is 0. The lowest BCUT2D eigenvalue weighted by molar-refractivity contribution is -0.140. The molecule has 1 atom stereocenters. The van der Waals surface area contributed by atoms with E-state index in [1.165, 1.54) is 13.8 Å². The quantitative estimate of drug-likeness (QED) is 0.162. The van der Waals surface area contributed by atoms with Crippen LogP contribution in [0.3, 0.4) is 0 Å². The van der Waals surface area contributed by atoms with Crippen molar-refractivity contribution in [3.8, 4) is 0 Å². The van der Waals surface area contributed by atoms with E-state index < -0.39 is 24.1 Å². The van der Waals surface area contributed by atoms with Crippen LogP contribution in [0.1, 0.15) is 47.5 Å². The van der Waals surface area contributed by atoms with Gasteiger partial charge in [-0.3, -0.25) is 0 Å². The Labute approximate surface area is 196 Å². The molecule has 0 fully saturated rings. The highest BCUT2D eigenvalue weighted by atomic mass is 16.6. The molecule has 0 aromatic carbocycles. The third-order valence-electron chi connectivity index (χ3n) is 4.32. The fourth-order valence-electron chi connectivity index (χ4n) is 2.74. The maximum atomic E-state index is 11.8. The smallest absolute Gasteiger partial charge is 0.407 e. The zero-order chi connectivity index (χ0) is 25.4. The lowest BCUT2D eigenvalue weighted by Crippen LogP contribution is -2.36. The van der Waals surface area contributed by atoms with E-state index >= 15 is 0 Å². The minimum absolute atomic E-state index is 0.0290. The largest absolute Gasteiger partial charge is 0.459 e. The summed E-state index contributed by atoms with van der Waals surface area (Å²) in [5.41, 5.74) is 0.368. The van der Waals surface area contributed by atoms with E-state index in [0.717, 1.165) is 12.8 Å². The molecule has 0 spiro atoms. The molecule has 2 N–H and O–H groups in total. The predicted octanol–water partition coefficient (Wildman–Crippen LogP) is 3.12. The van der Waals surface area contributed by atoms with E-state index in [2.05, 4.69) is 30.7 Å². The molecular formula is C23H38N2O8. The van der Waals surface area contributed by atoms with Crippen LogP contribution in [0.15, 0.2) is 24.3 Å². The van der Waals surface area contributed by atoms with Crippen LogP contribution in [0.4, 0.5) is 9.59 Å². The molecule has 0 saturated carbocycles. The van der Waals surface area contributed by atoms with Crippen LogP contribution in [0.25, 0.3) is 0 Å². The highest BCUT2D eigenvalue weighted by Crippen LogP contribution is 2.26. The van der Waals surface area contributed by atoms with Gasteiger partial charge >= 0.3 is 24.1 Å². The predicted molar refractivity (Wildman–Crippen MR) is 122 cm³/mol. The van der Waals surface area contributed by atoms with Crippen LogP contribution in [-0.4, -0.2) is 63.6 Å². The lowest BCUT2D eigenvalue weighted by Gasteiger charge is -2.28. The standard InChI is InChI=1S/C23H38N2O8/c1-16(2)19(26)30-10-12-32-21(28)24-9-8-18(5)14-23(6,7)15-25-22(29)33-13-11-31-20(27)17(3)4/h18H,1,3,8-15H2,2,4-7H3,(H,24,28)(H,25,29)/t18-/m0/s1. The summed E-state index contributed by atoms with van der Waals surface area (Å²) in [5.74, 6) is -0.778. The van der Waals surface area contributed by atoms with Crippen molar-refractivity contribution in [2.75, 3.05) is 39.5 Å². The average Bonchev–Trinajstić information content (AvgIpc) is 2.71. The van der Waals surface area contributed by atoms with Gasteiger partial charge in [0.05, 0.1) is 0 Å². The van der Waals surface area contributed by atoms with Crippen LogP contribution >= 0.6 is 0 Å². The molecule has 0 heterocycles. The number of hydrogen-bond acceptors (Lipinski definition) is 8. The highest BCUT2D eigenvalue weighted by molar-refractivity contribution is 5.87. The van der Waals surface area contributed by atoms with Crippen LogP contribution < -0.4 is 10.6 Å². The number of carbonyl (C=O) groups excluding carboxylic acids is 4. The van der Waals surface area contributed by atoms with Gasteiger partial charge in [-0.25, -0.2) is 19.2 Å². The third kappa shape index (κ3) is 16.3. The maximum Gasteiger partial charge on any atom is 0.407 e. The number of rotatable bonds is 15. The van der Waals surface area contributed by atoms with Gasteiger partial charge in [-0.05, 0) is 38.0 Å². The van der Waals surface area contributed by atoms with Crippen molar-refractivity contribution < 1.29 is 38.1 Å². The SMILES string of the molecule is C=C(C)C(=O)OCCOC(=O)NCC[C@H](C)CC(C)(C)CNC(=O)OCCOC(=O)C(=C)C. The fourth-order valence-corrected chi connectivity index (χ4v) is 2.74. The Morgan fingerprint density at radius 1 is 0.788 bits per heavy atom. The molecule has 33 heavy (non-hydrogen) atoms. The topological polar surface area (TPSA) is 129 Å². The summed E-state index contributed by atoms with van der Waals surface area (Å²) < 4.78 is 19.6. The summed E-state index contributed by atoms with van der Waals surface area (Å²) in [7, 11) is 0. The van der Waals surface area contributed by atoms with Crippen LogP contribution in [-0.2, 0) is 28.5 Å². The van der Waals surface area contributed by atoms with Gasteiger partial charge in [0, 0.05) is 24.2 Å². The second-order valence-electron chi connectivity index (χ2n) is 8.65. The van der Waals surface area contributed by atoms with Crippen LogP contribution in [0, 0.1) is 11.3 Å². The van der Waals surface area contributed by atoms with Crippen molar-refractivity contribution >= 4 is 24.1 Å². The Morgan fingerprint density at radius 3 is 1.67 bits per heavy atom. The fraction of sp³-hybridized carbons (Fsp3) is 0.652. The van der Waals surface area contributed by atoms with Crippen molar-refractivity contribution in [3.63, 3.8) is 0 Å². The average molecular weight is 471 g/mol. The Kier molecular flexibility index (Phi) is 14.3. The first-order valence-corrected chi connectivity index (χ1v) is 10.8. The van der Waals surface area contributed by atoms with Crippen molar-refractivity contribution in [3.05, 3.63) is 24.3 Å². The minimum Gasteiger partial charge on any atom is -0.459 e. The summed E-state index contributed by atoms with van der Waals surface area (Å²) in [6.45, 7) is 16.8. The molecule has 10 nitrogen and oxygen atoms in total. The van der Waals surface area contributed by atoms with Gasteiger partial charge in [-0.1, -0.05) is 33.9 Å². The Bertz CT molecular complexity index is 703. The molecule has 0 aliphatic carbocycles. The molecule has 0 unspecified atom stereocenters. The molecule has 0 aromatic rings. The monoisotopic (exact) mass is 470 g/mol. The van der Waals surface area contributed by atoms with Gasteiger partial charge in [-0.15, -0.1) is 0 Å².